The molecule has 1 atom stereocenters. The maximum atomic E-state index is 15.2. The number of fused-ring (bicyclic) bond motifs is 3. The second-order valence-corrected chi connectivity index (χ2v) is 9.47. The normalized spacial score (nSPS) is 15.6. The van der Waals surface area contributed by atoms with E-state index in [4.69, 9.17) is 16.3 Å². The van der Waals surface area contributed by atoms with Crippen molar-refractivity contribution in [2.24, 2.45) is 0 Å². The number of pyridine rings is 2. The van der Waals surface area contributed by atoms with Crippen LogP contribution in [0.4, 0.5) is 17.6 Å². The lowest BCUT2D eigenvalue weighted by molar-refractivity contribution is -0.137. The van der Waals surface area contributed by atoms with E-state index in [9.17, 15) is 18.0 Å². The molecule has 1 aliphatic heterocycles. The van der Waals surface area contributed by atoms with Crippen molar-refractivity contribution in [2.45, 2.75) is 38.9 Å². The zero-order valence-corrected chi connectivity index (χ0v) is 21.3. The van der Waals surface area contributed by atoms with E-state index < -0.39 is 29.5 Å². The molecule has 4 aromatic rings. The Morgan fingerprint density at radius 1 is 1.16 bits per heavy atom. The molecule has 198 valence electrons. The predicted molar refractivity (Wildman–Crippen MR) is 133 cm³/mol. The number of hydrogen-bond donors (Lipinski definition) is 0. The molecule has 3 aromatic heterocycles. The molecule has 0 saturated heterocycles. The quantitative estimate of drug-likeness (QED) is 0.290. The zero-order chi connectivity index (χ0) is 27.2. The zero-order valence-electron chi connectivity index (χ0n) is 20.5. The molecule has 11 heteroatoms. The van der Waals surface area contributed by atoms with Crippen LogP contribution in [0.5, 0.6) is 5.75 Å². The first-order valence-electron chi connectivity index (χ1n) is 12.0. The largest absolute Gasteiger partial charge is 0.482 e. The maximum Gasteiger partial charge on any atom is 0.416 e. The molecule has 38 heavy (non-hydrogen) atoms. The number of hydrogen-bond acceptors (Lipinski definition) is 4. The minimum absolute atomic E-state index is 0.0630. The van der Waals surface area contributed by atoms with Crippen molar-refractivity contribution >= 4 is 23.2 Å². The van der Waals surface area contributed by atoms with E-state index in [0.717, 1.165) is 23.9 Å². The van der Waals surface area contributed by atoms with Gasteiger partial charge in [0, 0.05) is 35.4 Å². The topological polar surface area (TPSA) is 59.7 Å². The molecule has 0 fully saturated rings. The number of amides is 1. The van der Waals surface area contributed by atoms with Gasteiger partial charge >= 0.3 is 6.18 Å². The molecule has 0 spiro atoms. The molecular weight excluding hydrogens is 524 g/mol. The summed E-state index contributed by atoms with van der Waals surface area (Å²) in [5.74, 6) is -0.584. The second-order valence-electron chi connectivity index (χ2n) is 9.03. The van der Waals surface area contributed by atoms with Gasteiger partial charge in [0.2, 0.25) is 0 Å². The van der Waals surface area contributed by atoms with Crippen LogP contribution in [0.1, 0.15) is 46.9 Å². The van der Waals surface area contributed by atoms with Crippen LogP contribution in [0.3, 0.4) is 0 Å². The maximum absolute atomic E-state index is 15.2. The first kappa shape index (κ1) is 26.0. The Morgan fingerprint density at radius 2 is 1.95 bits per heavy atom. The number of aryl methyl sites for hydroxylation is 2. The summed E-state index contributed by atoms with van der Waals surface area (Å²) >= 11 is 5.98. The molecule has 4 heterocycles. The summed E-state index contributed by atoms with van der Waals surface area (Å²) in [6.07, 6.45) is -2.40. The van der Waals surface area contributed by atoms with Crippen molar-refractivity contribution in [2.75, 3.05) is 13.2 Å². The lowest BCUT2D eigenvalue weighted by atomic mass is 9.95. The van der Waals surface area contributed by atoms with Gasteiger partial charge in [0.05, 0.1) is 22.6 Å². The number of imidazole rings is 1. The van der Waals surface area contributed by atoms with Crippen molar-refractivity contribution in [3.05, 3.63) is 93.4 Å². The van der Waals surface area contributed by atoms with Crippen LogP contribution in [-0.2, 0) is 23.8 Å². The Morgan fingerprint density at radius 3 is 2.66 bits per heavy atom. The van der Waals surface area contributed by atoms with Crippen molar-refractivity contribution in [1.82, 2.24) is 19.3 Å². The number of ether oxygens (including phenoxy) is 1. The highest BCUT2D eigenvalue weighted by molar-refractivity contribution is 6.30. The van der Waals surface area contributed by atoms with E-state index >= 15 is 4.39 Å². The Bertz CT molecular complexity index is 1540. The van der Waals surface area contributed by atoms with E-state index in [0.29, 0.717) is 29.3 Å². The number of rotatable bonds is 5. The first-order valence-corrected chi connectivity index (χ1v) is 12.4. The van der Waals surface area contributed by atoms with Gasteiger partial charge in [0.15, 0.2) is 6.61 Å². The Hall–Kier alpha value is -3.66. The van der Waals surface area contributed by atoms with Gasteiger partial charge in [-0.15, -0.1) is 0 Å². The van der Waals surface area contributed by atoms with Gasteiger partial charge in [-0.3, -0.25) is 9.78 Å². The van der Waals surface area contributed by atoms with Gasteiger partial charge in [0.25, 0.3) is 5.91 Å². The molecule has 0 N–H and O–H groups in total. The number of nitrogens with zero attached hydrogens (tertiary/aromatic N) is 4. The summed E-state index contributed by atoms with van der Waals surface area (Å²) < 4.78 is 62.5. The average Bonchev–Trinajstić information content (AvgIpc) is 3.25. The van der Waals surface area contributed by atoms with Crippen molar-refractivity contribution in [1.29, 1.82) is 0 Å². The molecule has 0 saturated carbocycles. The van der Waals surface area contributed by atoms with Crippen LogP contribution >= 0.6 is 11.6 Å². The second kappa shape index (κ2) is 9.90. The third-order valence-electron chi connectivity index (χ3n) is 6.56. The van der Waals surface area contributed by atoms with Gasteiger partial charge in [-0.1, -0.05) is 24.6 Å². The molecule has 6 nitrogen and oxygen atoms in total. The highest BCUT2D eigenvalue weighted by Gasteiger charge is 2.38. The lowest BCUT2D eigenvalue weighted by Gasteiger charge is -2.36. The van der Waals surface area contributed by atoms with Gasteiger partial charge in [-0.2, -0.15) is 13.2 Å². The Labute approximate surface area is 220 Å². The van der Waals surface area contributed by atoms with Crippen molar-refractivity contribution < 1.29 is 27.1 Å². The van der Waals surface area contributed by atoms with E-state index in [1.54, 1.807) is 12.1 Å². The monoisotopic (exact) mass is 546 g/mol. The van der Waals surface area contributed by atoms with Gasteiger partial charge in [0.1, 0.15) is 23.3 Å². The number of aromatic nitrogens is 3. The third kappa shape index (κ3) is 4.80. The number of carbonyl (C=O) groups is 1. The molecule has 5 rings (SSSR count). The summed E-state index contributed by atoms with van der Waals surface area (Å²) in [6.45, 7) is 3.63. The molecule has 0 radical (unpaired) electrons. The molecular formula is C27H23ClF4N4O2. The smallest absolute Gasteiger partial charge is 0.416 e. The van der Waals surface area contributed by atoms with Crippen LogP contribution in [0.15, 0.2) is 48.7 Å². The van der Waals surface area contributed by atoms with Gasteiger partial charge < -0.3 is 14.0 Å². The predicted octanol–water partition coefficient (Wildman–Crippen LogP) is 5.96. The van der Waals surface area contributed by atoms with Crippen molar-refractivity contribution in [3.63, 3.8) is 0 Å². The minimum atomic E-state index is -4.54. The van der Waals surface area contributed by atoms with Gasteiger partial charge in [-0.25, -0.2) is 9.37 Å². The standard InChI is InChI=1S/C27H23ClF4N4O2/c1-3-20-22(7-4-15(2)33-20)38-14-24(37)36-11-9-21-26(25(36)18-6-5-17(28)13-19(18)29)35-10-8-16(27(30,31)32)12-23(35)34-21/h4-8,10,12-13,25H,3,9,11,14H2,1-2H3. The molecule has 1 aromatic carbocycles. The number of benzene rings is 1. The highest BCUT2D eigenvalue weighted by atomic mass is 35.5. The molecule has 1 unspecified atom stereocenters. The van der Waals surface area contributed by atoms with Crippen LogP contribution in [0, 0.1) is 12.7 Å². The van der Waals surface area contributed by atoms with Crippen LogP contribution in [0.2, 0.25) is 5.02 Å². The minimum Gasteiger partial charge on any atom is -0.482 e. The summed E-state index contributed by atoms with van der Waals surface area (Å²) in [7, 11) is 0. The highest BCUT2D eigenvalue weighted by Crippen LogP contribution is 2.39. The Kier molecular flexibility index (Phi) is 6.77. The summed E-state index contributed by atoms with van der Waals surface area (Å²) in [4.78, 5) is 23.8. The van der Waals surface area contributed by atoms with Crippen molar-refractivity contribution in [3.8, 4) is 5.75 Å². The molecule has 1 aliphatic rings. The fraction of sp³-hybridized carbons (Fsp3) is 0.296. The molecule has 0 bridgehead atoms. The SMILES string of the molecule is CCc1nc(C)ccc1OCC(=O)N1CCc2nc3cc(C(F)(F)F)ccn3c2C1c1ccc(Cl)cc1F. The average molecular weight is 547 g/mol. The van der Waals surface area contributed by atoms with E-state index in [1.165, 1.54) is 27.6 Å². The van der Waals surface area contributed by atoms with E-state index in [2.05, 4.69) is 9.97 Å². The van der Waals surface area contributed by atoms with Crippen LogP contribution < -0.4 is 4.74 Å². The van der Waals surface area contributed by atoms with Crippen LogP contribution in [0.25, 0.3) is 5.65 Å². The summed E-state index contributed by atoms with van der Waals surface area (Å²) in [5, 5.41) is 0.176. The molecule has 0 aliphatic carbocycles. The van der Waals surface area contributed by atoms with Crippen LogP contribution in [-0.4, -0.2) is 38.3 Å². The summed E-state index contributed by atoms with van der Waals surface area (Å²) in [6, 6.07) is 8.57. The number of carbonyl (C=O) groups excluding carboxylic acids is 1. The third-order valence-corrected chi connectivity index (χ3v) is 6.80. The Balaban J connectivity index is 1.55. The number of halogens is 5. The fourth-order valence-corrected chi connectivity index (χ4v) is 4.94. The molecule has 1 amide bonds. The van der Waals surface area contributed by atoms with E-state index in [-0.39, 0.29) is 35.8 Å². The lowest BCUT2D eigenvalue weighted by Crippen LogP contribution is -2.43. The fourth-order valence-electron chi connectivity index (χ4n) is 4.78. The number of alkyl halides is 3. The van der Waals surface area contributed by atoms with Gasteiger partial charge in [-0.05, 0) is 49.7 Å². The summed E-state index contributed by atoms with van der Waals surface area (Å²) in [5.41, 5.74) is 1.81. The van der Waals surface area contributed by atoms with E-state index in [1.807, 2.05) is 13.8 Å². The first-order chi connectivity index (χ1) is 18.1.